The highest BCUT2D eigenvalue weighted by Crippen LogP contribution is 2.55. The van der Waals surface area contributed by atoms with E-state index >= 15 is 0 Å². The fraction of sp³-hybridized carbons (Fsp3) is 0.186. The summed E-state index contributed by atoms with van der Waals surface area (Å²) in [5.74, 6) is 0. The summed E-state index contributed by atoms with van der Waals surface area (Å²) in [6, 6.07) is 52.8. The van der Waals surface area contributed by atoms with Crippen molar-refractivity contribution in [2.24, 2.45) is 0 Å². The van der Waals surface area contributed by atoms with Crippen LogP contribution in [0.3, 0.4) is 0 Å². The second kappa shape index (κ2) is 11.8. The first kappa shape index (κ1) is 36.5. The Labute approximate surface area is 372 Å². The number of nitrogens with zero attached hydrogens (tertiary/aromatic N) is 2. The highest BCUT2D eigenvalue weighted by atomic mass is 16.3. The minimum absolute atomic E-state index is 0.0202. The Hall–Kier alpha value is -6.98. The molecule has 5 heterocycles. The van der Waals surface area contributed by atoms with Gasteiger partial charge in [0.25, 0.3) is 0 Å². The topological polar surface area (TPSA) is 34.5 Å². The first-order valence-electron chi connectivity index (χ1n) is 22.9. The normalized spacial score (nSPS) is 14.9. The van der Waals surface area contributed by atoms with Crippen molar-refractivity contribution in [3.63, 3.8) is 0 Å². The largest absolute Gasteiger partial charge is 0.456 e. The summed E-state index contributed by atoms with van der Waals surface area (Å²) >= 11 is 0. The summed E-state index contributed by atoms with van der Waals surface area (Å²) in [7, 11) is 0. The van der Waals surface area contributed by atoms with Crippen LogP contribution in [0.4, 0.5) is 11.4 Å². The van der Waals surface area contributed by atoms with Gasteiger partial charge in [0.1, 0.15) is 22.3 Å². The van der Waals surface area contributed by atoms with Crippen molar-refractivity contribution in [2.75, 3.05) is 4.81 Å². The average molecular weight is 827 g/mol. The van der Waals surface area contributed by atoms with Gasteiger partial charge in [-0.15, -0.1) is 0 Å². The smallest absolute Gasteiger partial charge is 0.333 e. The van der Waals surface area contributed by atoms with Crippen LogP contribution in [-0.2, 0) is 16.2 Å². The molecule has 0 saturated carbocycles. The van der Waals surface area contributed by atoms with Crippen LogP contribution in [0.15, 0.2) is 148 Å². The maximum absolute atomic E-state index is 6.87. The van der Waals surface area contributed by atoms with E-state index in [9.17, 15) is 0 Å². The van der Waals surface area contributed by atoms with Gasteiger partial charge in [-0.2, -0.15) is 0 Å². The molecule has 0 N–H and O–H groups in total. The number of hydrogen-bond donors (Lipinski definition) is 0. The molecule has 3 aromatic heterocycles. The van der Waals surface area contributed by atoms with Crippen LogP contribution in [0.25, 0.3) is 93.6 Å². The molecule has 1 aliphatic carbocycles. The van der Waals surface area contributed by atoms with Gasteiger partial charge in [0, 0.05) is 55.0 Å². The fourth-order valence-electron chi connectivity index (χ4n) is 12.0. The molecule has 11 aromatic rings. The van der Waals surface area contributed by atoms with Crippen molar-refractivity contribution < 1.29 is 8.83 Å². The lowest BCUT2D eigenvalue weighted by molar-refractivity contribution is 0.584. The van der Waals surface area contributed by atoms with Gasteiger partial charge in [-0.05, 0) is 121 Å². The summed E-state index contributed by atoms with van der Waals surface area (Å²) in [6.45, 7) is 18.5. The van der Waals surface area contributed by atoms with Gasteiger partial charge < -0.3 is 18.2 Å². The lowest BCUT2D eigenvalue weighted by Gasteiger charge is -2.42. The Morgan fingerprint density at radius 2 is 1.16 bits per heavy atom. The van der Waals surface area contributed by atoms with E-state index in [0.717, 1.165) is 54.8 Å². The van der Waals surface area contributed by atoms with Crippen LogP contribution in [-0.4, -0.2) is 11.4 Å². The first-order chi connectivity index (χ1) is 30.8. The average Bonchev–Trinajstić information content (AvgIpc) is 4.00. The van der Waals surface area contributed by atoms with Crippen molar-refractivity contribution in [1.29, 1.82) is 0 Å². The zero-order chi connectivity index (χ0) is 43.3. The zero-order valence-corrected chi connectivity index (χ0v) is 37.6. The van der Waals surface area contributed by atoms with Crippen LogP contribution in [0, 0.1) is 0 Å². The molecule has 0 spiro atoms. The van der Waals surface area contributed by atoms with E-state index in [4.69, 9.17) is 8.83 Å². The van der Waals surface area contributed by atoms with Crippen LogP contribution < -0.4 is 15.7 Å². The number of para-hydroxylation sites is 2. The molecule has 8 aromatic carbocycles. The summed E-state index contributed by atoms with van der Waals surface area (Å²) in [6.07, 6.45) is 0. The van der Waals surface area contributed by atoms with Gasteiger partial charge in [0.05, 0.1) is 16.4 Å². The Balaban J connectivity index is 1.14. The minimum atomic E-state index is -0.181. The van der Waals surface area contributed by atoms with Gasteiger partial charge in [-0.3, -0.25) is 0 Å². The molecule has 2 aliphatic heterocycles. The van der Waals surface area contributed by atoms with E-state index < -0.39 is 0 Å². The fourth-order valence-corrected chi connectivity index (χ4v) is 12.0. The second-order valence-electron chi connectivity index (χ2n) is 21.3. The molecule has 64 heavy (non-hydrogen) atoms. The molecule has 0 saturated heterocycles. The summed E-state index contributed by atoms with van der Waals surface area (Å²) in [5.41, 5.74) is 22.7. The molecular weight excluding hydrogens is 779 g/mol. The Morgan fingerprint density at radius 3 is 1.91 bits per heavy atom. The van der Waals surface area contributed by atoms with E-state index in [1.165, 1.54) is 83.4 Å². The molecule has 5 heteroatoms. The van der Waals surface area contributed by atoms with E-state index in [-0.39, 0.29) is 23.1 Å². The molecule has 0 fully saturated rings. The molecular formula is C59H47BN2O2. The van der Waals surface area contributed by atoms with E-state index in [2.05, 4.69) is 204 Å². The van der Waals surface area contributed by atoms with Crippen molar-refractivity contribution in [1.82, 2.24) is 4.57 Å². The lowest BCUT2D eigenvalue weighted by atomic mass is 9.44. The molecule has 0 amide bonds. The monoisotopic (exact) mass is 826 g/mol. The summed E-state index contributed by atoms with van der Waals surface area (Å²) in [4.78, 5) is 2.66. The molecule has 0 radical (unpaired) electrons. The Bertz CT molecular complexity index is 3900. The standard InChI is InChI=1S/C59H47BN2O2/c1-57(2,3)32-17-20-34(21-18-32)62-48-29-41-35-22-19-33(58(4,5)6)27-44(35)59(7,8)45(41)28-42(48)38-23-24-40-53-47(26-25-39-36-13-9-12-16-51(36)64-56(39)53)61-49-30-43-37-14-10-11-15-50(37)63-52(43)31-46(49)60(62)54(38)55(40)61/h9-31H,1-8H3. The predicted molar refractivity (Wildman–Crippen MR) is 269 cm³/mol. The summed E-state index contributed by atoms with van der Waals surface area (Å²) < 4.78 is 16.2. The molecule has 14 rings (SSSR count). The summed E-state index contributed by atoms with van der Waals surface area (Å²) in [5, 5.41) is 6.90. The number of fused-ring (bicyclic) bond motifs is 18. The third-order valence-electron chi connectivity index (χ3n) is 15.3. The minimum Gasteiger partial charge on any atom is -0.456 e. The van der Waals surface area contributed by atoms with Crippen LogP contribution in [0.1, 0.15) is 77.6 Å². The molecule has 4 nitrogen and oxygen atoms in total. The number of hydrogen-bond acceptors (Lipinski definition) is 3. The maximum atomic E-state index is 6.87. The first-order valence-corrected chi connectivity index (χ1v) is 22.9. The van der Waals surface area contributed by atoms with Crippen molar-refractivity contribution in [2.45, 2.75) is 71.6 Å². The predicted octanol–water partition coefficient (Wildman–Crippen LogP) is 14.7. The van der Waals surface area contributed by atoms with Gasteiger partial charge in [-0.25, -0.2) is 0 Å². The quantitative estimate of drug-likeness (QED) is 0.155. The van der Waals surface area contributed by atoms with Crippen LogP contribution in [0.2, 0.25) is 0 Å². The highest BCUT2D eigenvalue weighted by molar-refractivity contribution is 6.94. The highest BCUT2D eigenvalue weighted by Gasteiger charge is 2.46. The van der Waals surface area contributed by atoms with Crippen molar-refractivity contribution in [3.8, 4) is 27.9 Å². The zero-order valence-electron chi connectivity index (χ0n) is 37.6. The number of aromatic nitrogens is 1. The van der Waals surface area contributed by atoms with Crippen molar-refractivity contribution in [3.05, 3.63) is 162 Å². The number of benzene rings is 8. The van der Waals surface area contributed by atoms with Crippen LogP contribution >= 0.6 is 0 Å². The van der Waals surface area contributed by atoms with E-state index in [1.807, 2.05) is 0 Å². The van der Waals surface area contributed by atoms with Crippen LogP contribution in [0.5, 0.6) is 0 Å². The molecule has 0 unspecified atom stereocenters. The van der Waals surface area contributed by atoms with E-state index in [0.29, 0.717) is 0 Å². The van der Waals surface area contributed by atoms with Gasteiger partial charge in [-0.1, -0.05) is 134 Å². The number of furan rings is 2. The molecule has 308 valence electrons. The molecule has 0 bridgehead atoms. The van der Waals surface area contributed by atoms with Gasteiger partial charge in [0.15, 0.2) is 0 Å². The lowest BCUT2D eigenvalue weighted by Crippen LogP contribution is -2.60. The molecule has 0 atom stereocenters. The third-order valence-corrected chi connectivity index (χ3v) is 15.3. The second-order valence-corrected chi connectivity index (χ2v) is 21.3. The number of anilines is 2. The Kier molecular flexibility index (Phi) is 6.72. The number of rotatable bonds is 1. The maximum Gasteiger partial charge on any atom is 0.333 e. The van der Waals surface area contributed by atoms with Crippen molar-refractivity contribution >= 4 is 94.8 Å². The van der Waals surface area contributed by atoms with Gasteiger partial charge >= 0.3 is 6.85 Å². The molecule has 3 aliphatic rings. The van der Waals surface area contributed by atoms with E-state index in [1.54, 1.807) is 0 Å². The van der Waals surface area contributed by atoms with Gasteiger partial charge in [0.2, 0.25) is 0 Å². The third kappa shape index (κ3) is 4.54. The SMILES string of the molecule is CC(C)(C)c1ccc(N2B3c4cc5oc6ccccc6c5cc4-n4c5ccc6c7ccccc7oc6c5c5ccc(c3c54)-c3cc4c(cc32)-c2ccc(C(C)(C)C)cc2C4(C)C)cc1. The Morgan fingerprint density at radius 1 is 0.500 bits per heavy atom.